The summed E-state index contributed by atoms with van der Waals surface area (Å²) in [6, 6.07) is 4.03. The number of anilines is 1. The van der Waals surface area contributed by atoms with Gasteiger partial charge in [-0.2, -0.15) is 0 Å². The molecule has 0 aromatic carbocycles. The van der Waals surface area contributed by atoms with E-state index >= 15 is 0 Å². The van der Waals surface area contributed by atoms with Crippen LogP contribution in [0, 0.1) is 0 Å². The molecule has 0 unspecified atom stereocenters. The second kappa shape index (κ2) is 5.51. The molecule has 0 saturated carbocycles. The molecular weight excluding hydrogens is 186 g/mol. The normalized spacial score (nSPS) is 12.2. The fraction of sp³-hybridized carbons (Fsp3) is 0.417. The molecule has 0 aliphatic carbocycles. The van der Waals surface area contributed by atoms with Gasteiger partial charge in [-0.1, -0.05) is 6.08 Å². The lowest BCUT2D eigenvalue weighted by atomic mass is 10.2. The molecule has 1 aromatic rings. The fourth-order valence-electron chi connectivity index (χ4n) is 1.43. The van der Waals surface area contributed by atoms with E-state index < -0.39 is 0 Å². The first-order valence-electron chi connectivity index (χ1n) is 5.26. The Hall–Kier alpha value is -1.35. The van der Waals surface area contributed by atoms with Crippen molar-refractivity contribution in [3.63, 3.8) is 0 Å². The van der Waals surface area contributed by atoms with E-state index in [-0.39, 0.29) is 6.04 Å². The van der Waals surface area contributed by atoms with Crippen molar-refractivity contribution in [2.45, 2.75) is 19.9 Å². The predicted octanol–water partition coefficient (Wildman–Crippen LogP) is 2.11. The molecule has 0 aliphatic heterocycles. The first-order chi connectivity index (χ1) is 7.19. The van der Waals surface area contributed by atoms with Gasteiger partial charge in [0.15, 0.2) is 0 Å². The Morgan fingerprint density at radius 3 is 2.73 bits per heavy atom. The zero-order chi connectivity index (χ0) is 11.3. The van der Waals surface area contributed by atoms with E-state index in [1.165, 1.54) is 0 Å². The quantitative estimate of drug-likeness (QED) is 0.749. The monoisotopic (exact) mass is 205 g/mol. The summed E-state index contributed by atoms with van der Waals surface area (Å²) in [7, 11) is 0. The lowest BCUT2D eigenvalue weighted by Gasteiger charge is -2.21. The molecule has 15 heavy (non-hydrogen) atoms. The Balaban J connectivity index is 2.81. The van der Waals surface area contributed by atoms with Gasteiger partial charge < -0.3 is 10.6 Å². The van der Waals surface area contributed by atoms with Crippen molar-refractivity contribution in [3.05, 3.63) is 36.7 Å². The molecule has 0 spiro atoms. The molecule has 1 atom stereocenters. The van der Waals surface area contributed by atoms with Gasteiger partial charge >= 0.3 is 0 Å². The summed E-state index contributed by atoms with van der Waals surface area (Å²) in [6.45, 7) is 9.58. The Kier molecular flexibility index (Phi) is 4.31. The molecule has 82 valence electrons. The van der Waals surface area contributed by atoms with Crippen LogP contribution in [0.1, 0.15) is 25.6 Å². The van der Waals surface area contributed by atoms with E-state index in [0.29, 0.717) is 0 Å². The maximum absolute atomic E-state index is 5.74. The Morgan fingerprint density at radius 2 is 2.33 bits per heavy atom. The van der Waals surface area contributed by atoms with Crippen LogP contribution in [0.4, 0.5) is 5.69 Å². The molecule has 1 rings (SSSR count). The topological polar surface area (TPSA) is 42.1 Å². The van der Waals surface area contributed by atoms with E-state index in [9.17, 15) is 0 Å². The van der Waals surface area contributed by atoms with E-state index in [0.717, 1.165) is 24.5 Å². The summed E-state index contributed by atoms with van der Waals surface area (Å²) in [5.74, 6) is 0. The number of hydrogen-bond donors (Lipinski definition) is 1. The van der Waals surface area contributed by atoms with Crippen molar-refractivity contribution < 1.29 is 0 Å². The molecule has 3 nitrogen and oxygen atoms in total. The molecule has 0 saturated heterocycles. The van der Waals surface area contributed by atoms with Gasteiger partial charge in [0.2, 0.25) is 0 Å². The molecule has 0 fully saturated rings. The summed E-state index contributed by atoms with van der Waals surface area (Å²) >= 11 is 0. The number of pyridine rings is 1. The van der Waals surface area contributed by atoms with Crippen LogP contribution < -0.4 is 10.6 Å². The Bertz CT molecular complexity index is 303. The molecule has 0 radical (unpaired) electrons. The lowest BCUT2D eigenvalue weighted by Crippen LogP contribution is -2.22. The van der Waals surface area contributed by atoms with Gasteiger partial charge in [0.05, 0.1) is 17.6 Å². The van der Waals surface area contributed by atoms with Crippen LogP contribution in [0.2, 0.25) is 0 Å². The van der Waals surface area contributed by atoms with Crippen molar-refractivity contribution >= 4 is 5.69 Å². The van der Waals surface area contributed by atoms with Crippen LogP contribution in [-0.4, -0.2) is 18.1 Å². The number of hydrogen-bond acceptors (Lipinski definition) is 3. The predicted molar refractivity (Wildman–Crippen MR) is 64.9 cm³/mol. The van der Waals surface area contributed by atoms with E-state index in [1.807, 2.05) is 25.3 Å². The largest absolute Gasteiger partial charge is 0.367 e. The summed E-state index contributed by atoms with van der Waals surface area (Å²) in [4.78, 5) is 6.53. The Morgan fingerprint density at radius 1 is 1.60 bits per heavy atom. The molecular formula is C12H19N3. The minimum absolute atomic E-state index is 0.00599. The van der Waals surface area contributed by atoms with E-state index in [1.54, 1.807) is 0 Å². The minimum atomic E-state index is -0.00599. The summed E-state index contributed by atoms with van der Waals surface area (Å²) in [5.41, 5.74) is 7.78. The number of likely N-dealkylation sites (N-methyl/N-ethyl adjacent to an activating group) is 1. The summed E-state index contributed by atoms with van der Waals surface area (Å²) < 4.78 is 0. The molecule has 0 amide bonds. The molecule has 1 aromatic heterocycles. The maximum Gasteiger partial charge on any atom is 0.0569 e. The van der Waals surface area contributed by atoms with Crippen LogP contribution in [0.5, 0.6) is 0 Å². The van der Waals surface area contributed by atoms with Crippen molar-refractivity contribution in [2.75, 3.05) is 18.0 Å². The van der Waals surface area contributed by atoms with Gasteiger partial charge in [0, 0.05) is 19.1 Å². The molecule has 2 N–H and O–H groups in total. The minimum Gasteiger partial charge on any atom is -0.367 e. The number of rotatable bonds is 5. The van der Waals surface area contributed by atoms with Crippen molar-refractivity contribution in [2.24, 2.45) is 5.73 Å². The number of nitrogens with two attached hydrogens (primary N) is 1. The highest BCUT2D eigenvalue weighted by Gasteiger charge is 2.04. The smallest absolute Gasteiger partial charge is 0.0569 e. The van der Waals surface area contributed by atoms with Gasteiger partial charge in [0.1, 0.15) is 0 Å². The van der Waals surface area contributed by atoms with Gasteiger partial charge in [-0.15, -0.1) is 6.58 Å². The van der Waals surface area contributed by atoms with Gasteiger partial charge in [-0.3, -0.25) is 4.98 Å². The summed E-state index contributed by atoms with van der Waals surface area (Å²) in [6.07, 6.45) is 3.76. The molecule has 3 heteroatoms. The second-order valence-corrected chi connectivity index (χ2v) is 3.56. The first-order valence-corrected chi connectivity index (χ1v) is 5.26. The average Bonchev–Trinajstić information content (AvgIpc) is 2.26. The zero-order valence-electron chi connectivity index (χ0n) is 9.48. The van der Waals surface area contributed by atoms with Gasteiger partial charge in [-0.05, 0) is 26.0 Å². The van der Waals surface area contributed by atoms with Crippen LogP contribution in [0.25, 0.3) is 0 Å². The third-order valence-corrected chi connectivity index (χ3v) is 2.33. The van der Waals surface area contributed by atoms with Crippen LogP contribution >= 0.6 is 0 Å². The van der Waals surface area contributed by atoms with Crippen molar-refractivity contribution in [1.82, 2.24) is 4.98 Å². The van der Waals surface area contributed by atoms with Gasteiger partial charge in [-0.25, -0.2) is 0 Å². The number of nitrogens with zero attached hydrogens (tertiary/aromatic N) is 2. The summed E-state index contributed by atoms with van der Waals surface area (Å²) in [5, 5.41) is 0. The van der Waals surface area contributed by atoms with Crippen LogP contribution in [-0.2, 0) is 0 Å². The SMILES string of the molecule is C=CCN(CC)c1ccc([C@@H](C)N)nc1. The highest BCUT2D eigenvalue weighted by molar-refractivity contribution is 5.45. The Labute approximate surface area is 91.6 Å². The van der Waals surface area contributed by atoms with Gasteiger partial charge in [0.25, 0.3) is 0 Å². The molecule has 0 aliphatic rings. The van der Waals surface area contributed by atoms with Crippen LogP contribution in [0.3, 0.4) is 0 Å². The number of aromatic nitrogens is 1. The van der Waals surface area contributed by atoms with E-state index in [4.69, 9.17) is 5.73 Å². The van der Waals surface area contributed by atoms with E-state index in [2.05, 4.69) is 29.5 Å². The van der Waals surface area contributed by atoms with Crippen molar-refractivity contribution in [1.29, 1.82) is 0 Å². The van der Waals surface area contributed by atoms with Crippen LogP contribution in [0.15, 0.2) is 31.0 Å². The third kappa shape index (κ3) is 3.06. The third-order valence-electron chi connectivity index (χ3n) is 2.33. The highest BCUT2D eigenvalue weighted by atomic mass is 15.1. The zero-order valence-corrected chi connectivity index (χ0v) is 9.48. The molecule has 1 heterocycles. The standard InChI is InChI=1S/C12H19N3/c1-4-8-15(5-2)11-6-7-12(10(3)13)14-9-11/h4,6-7,9-10H,1,5,8,13H2,2-3H3/t10-/m1/s1. The average molecular weight is 205 g/mol. The fourth-order valence-corrected chi connectivity index (χ4v) is 1.43. The highest BCUT2D eigenvalue weighted by Crippen LogP contribution is 2.15. The van der Waals surface area contributed by atoms with Crippen molar-refractivity contribution in [3.8, 4) is 0 Å². The molecule has 0 bridgehead atoms. The first kappa shape index (κ1) is 11.7. The lowest BCUT2D eigenvalue weighted by molar-refractivity contribution is 0.778. The second-order valence-electron chi connectivity index (χ2n) is 3.56. The maximum atomic E-state index is 5.74.